The molecule has 0 spiro atoms. The van der Waals surface area contributed by atoms with Crippen LogP contribution in [0.2, 0.25) is 0 Å². The van der Waals surface area contributed by atoms with Crippen LogP contribution in [-0.4, -0.2) is 21.7 Å². The highest BCUT2D eigenvalue weighted by atomic mass is 79.9. The number of rotatable bonds is 4. The SMILES string of the molecule is NCCc1ccccc1-c1nc(-c2ccc(Br)cn2)no1. The Kier molecular flexibility index (Phi) is 4.08. The van der Waals surface area contributed by atoms with Gasteiger partial charge in [0.1, 0.15) is 5.69 Å². The third-order valence-corrected chi connectivity index (χ3v) is 3.51. The minimum Gasteiger partial charge on any atom is -0.334 e. The quantitative estimate of drug-likeness (QED) is 0.786. The van der Waals surface area contributed by atoms with Crippen molar-refractivity contribution in [3.8, 4) is 23.0 Å². The molecule has 3 rings (SSSR count). The van der Waals surface area contributed by atoms with Crippen molar-refractivity contribution >= 4 is 15.9 Å². The van der Waals surface area contributed by atoms with Gasteiger partial charge in [-0.15, -0.1) is 0 Å². The first-order chi connectivity index (χ1) is 10.3. The van der Waals surface area contributed by atoms with E-state index in [9.17, 15) is 0 Å². The minimum atomic E-state index is 0.472. The van der Waals surface area contributed by atoms with Crippen molar-refractivity contribution in [3.63, 3.8) is 0 Å². The van der Waals surface area contributed by atoms with E-state index in [1.807, 2.05) is 36.4 Å². The first kappa shape index (κ1) is 13.9. The monoisotopic (exact) mass is 344 g/mol. The molecule has 0 atom stereocenters. The van der Waals surface area contributed by atoms with Crippen LogP contribution < -0.4 is 5.73 Å². The fourth-order valence-electron chi connectivity index (χ4n) is 2.05. The lowest BCUT2D eigenvalue weighted by Gasteiger charge is -2.03. The number of hydrogen-bond donors (Lipinski definition) is 1. The third kappa shape index (κ3) is 3.01. The van der Waals surface area contributed by atoms with Crippen LogP contribution in [0, 0.1) is 0 Å². The predicted molar refractivity (Wildman–Crippen MR) is 83.4 cm³/mol. The Hall–Kier alpha value is -2.05. The first-order valence-corrected chi connectivity index (χ1v) is 7.31. The molecule has 0 fully saturated rings. The smallest absolute Gasteiger partial charge is 0.258 e. The van der Waals surface area contributed by atoms with Gasteiger partial charge in [-0.1, -0.05) is 23.4 Å². The Bertz CT molecular complexity index is 739. The molecule has 0 aliphatic carbocycles. The van der Waals surface area contributed by atoms with Gasteiger partial charge in [-0.3, -0.25) is 4.98 Å². The van der Waals surface area contributed by atoms with Gasteiger partial charge in [0, 0.05) is 16.2 Å². The summed E-state index contributed by atoms with van der Waals surface area (Å²) >= 11 is 3.35. The highest BCUT2D eigenvalue weighted by molar-refractivity contribution is 9.10. The summed E-state index contributed by atoms with van der Waals surface area (Å²) < 4.78 is 6.27. The summed E-state index contributed by atoms with van der Waals surface area (Å²) in [5.74, 6) is 0.957. The number of hydrogen-bond acceptors (Lipinski definition) is 5. The lowest BCUT2D eigenvalue weighted by molar-refractivity contribution is 0.431. The van der Waals surface area contributed by atoms with E-state index in [0.29, 0.717) is 24.0 Å². The van der Waals surface area contributed by atoms with Crippen molar-refractivity contribution in [3.05, 3.63) is 52.6 Å². The van der Waals surface area contributed by atoms with Crippen molar-refractivity contribution < 1.29 is 4.52 Å². The van der Waals surface area contributed by atoms with Crippen LogP contribution in [-0.2, 0) is 6.42 Å². The van der Waals surface area contributed by atoms with Crippen molar-refractivity contribution in [1.29, 1.82) is 0 Å². The van der Waals surface area contributed by atoms with E-state index in [0.717, 1.165) is 22.0 Å². The lowest BCUT2D eigenvalue weighted by Crippen LogP contribution is -2.03. The molecule has 1 aromatic carbocycles. The number of halogens is 1. The van der Waals surface area contributed by atoms with Crippen molar-refractivity contribution in [2.24, 2.45) is 5.73 Å². The zero-order chi connectivity index (χ0) is 14.7. The topological polar surface area (TPSA) is 77.8 Å². The summed E-state index contributed by atoms with van der Waals surface area (Å²) in [6, 6.07) is 11.6. The molecule has 0 aliphatic rings. The highest BCUT2D eigenvalue weighted by Gasteiger charge is 2.14. The Morgan fingerprint density at radius 1 is 1.14 bits per heavy atom. The molecule has 6 heteroatoms. The number of nitrogens with two attached hydrogens (primary N) is 1. The van der Waals surface area contributed by atoms with E-state index >= 15 is 0 Å². The molecule has 0 saturated carbocycles. The van der Waals surface area contributed by atoms with Gasteiger partial charge in [-0.2, -0.15) is 4.98 Å². The number of nitrogens with zero attached hydrogens (tertiary/aromatic N) is 3. The second kappa shape index (κ2) is 6.15. The molecule has 0 aliphatic heterocycles. The second-order valence-corrected chi connectivity index (χ2v) is 5.40. The molecule has 0 saturated heterocycles. The molecule has 5 nitrogen and oxygen atoms in total. The molecule has 0 radical (unpaired) electrons. The Balaban J connectivity index is 1.97. The molecule has 106 valence electrons. The normalized spacial score (nSPS) is 10.8. The molecule has 2 N–H and O–H groups in total. The Morgan fingerprint density at radius 3 is 2.76 bits per heavy atom. The maximum atomic E-state index is 5.64. The van der Waals surface area contributed by atoms with Gasteiger partial charge in [-0.25, -0.2) is 0 Å². The average molecular weight is 345 g/mol. The second-order valence-electron chi connectivity index (χ2n) is 4.48. The Morgan fingerprint density at radius 2 is 2.00 bits per heavy atom. The predicted octanol–water partition coefficient (Wildman–Crippen LogP) is 3.06. The summed E-state index contributed by atoms with van der Waals surface area (Å²) in [5.41, 5.74) is 8.32. The Labute approximate surface area is 130 Å². The first-order valence-electron chi connectivity index (χ1n) is 6.52. The van der Waals surface area contributed by atoms with E-state index in [1.165, 1.54) is 0 Å². The van der Waals surface area contributed by atoms with Crippen LogP contribution in [0.5, 0.6) is 0 Å². The van der Waals surface area contributed by atoms with Gasteiger partial charge in [0.25, 0.3) is 5.89 Å². The summed E-state index contributed by atoms with van der Waals surface area (Å²) in [6.07, 6.45) is 2.47. The molecular weight excluding hydrogens is 332 g/mol. The molecule has 3 aromatic rings. The third-order valence-electron chi connectivity index (χ3n) is 3.04. The van der Waals surface area contributed by atoms with Crippen molar-refractivity contribution in [1.82, 2.24) is 15.1 Å². The number of aromatic nitrogens is 3. The maximum absolute atomic E-state index is 5.64. The van der Waals surface area contributed by atoms with Crippen molar-refractivity contribution in [2.75, 3.05) is 6.54 Å². The van der Waals surface area contributed by atoms with E-state index in [4.69, 9.17) is 10.3 Å². The summed E-state index contributed by atoms with van der Waals surface area (Å²) in [5, 5.41) is 4.00. The minimum absolute atomic E-state index is 0.472. The van der Waals surface area contributed by atoms with E-state index < -0.39 is 0 Å². The lowest BCUT2D eigenvalue weighted by atomic mass is 10.0. The van der Waals surface area contributed by atoms with Crippen LogP contribution in [0.25, 0.3) is 23.0 Å². The number of benzene rings is 1. The van der Waals surface area contributed by atoms with Gasteiger partial charge in [0.2, 0.25) is 5.82 Å². The summed E-state index contributed by atoms with van der Waals surface area (Å²) in [7, 11) is 0. The maximum Gasteiger partial charge on any atom is 0.258 e. The van der Waals surface area contributed by atoms with Crippen molar-refractivity contribution in [2.45, 2.75) is 6.42 Å². The van der Waals surface area contributed by atoms with Crippen LogP contribution in [0.3, 0.4) is 0 Å². The van der Waals surface area contributed by atoms with Gasteiger partial charge < -0.3 is 10.3 Å². The molecular formula is C15H13BrN4O. The zero-order valence-electron chi connectivity index (χ0n) is 11.2. The highest BCUT2D eigenvalue weighted by Crippen LogP contribution is 2.25. The number of pyridine rings is 1. The average Bonchev–Trinajstić information content (AvgIpc) is 2.99. The molecule has 21 heavy (non-hydrogen) atoms. The fourth-order valence-corrected chi connectivity index (χ4v) is 2.28. The zero-order valence-corrected chi connectivity index (χ0v) is 12.7. The molecule has 0 unspecified atom stereocenters. The van der Waals surface area contributed by atoms with Crippen LogP contribution in [0.4, 0.5) is 0 Å². The van der Waals surface area contributed by atoms with Crippen LogP contribution >= 0.6 is 15.9 Å². The van der Waals surface area contributed by atoms with Crippen LogP contribution in [0.1, 0.15) is 5.56 Å². The van der Waals surface area contributed by atoms with Gasteiger partial charge in [-0.05, 0) is 52.7 Å². The summed E-state index contributed by atoms with van der Waals surface area (Å²) in [6.45, 7) is 0.576. The van der Waals surface area contributed by atoms with Gasteiger partial charge >= 0.3 is 0 Å². The van der Waals surface area contributed by atoms with Gasteiger partial charge in [0.15, 0.2) is 0 Å². The fraction of sp³-hybridized carbons (Fsp3) is 0.133. The molecule has 2 aromatic heterocycles. The molecule has 2 heterocycles. The van der Waals surface area contributed by atoms with E-state index in [1.54, 1.807) is 6.20 Å². The molecule has 0 bridgehead atoms. The van der Waals surface area contributed by atoms with Gasteiger partial charge in [0.05, 0.1) is 0 Å². The molecule has 0 amide bonds. The largest absolute Gasteiger partial charge is 0.334 e. The standard InChI is InChI=1S/C15H13BrN4O/c16-11-5-6-13(18-9-11)14-19-15(21-20-14)12-4-2-1-3-10(12)7-8-17/h1-6,9H,7-8,17H2. The van der Waals surface area contributed by atoms with E-state index in [2.05, 4.69) is 31.1 Å². The summed E-state index contributed by atoms with van der Waals surface area (Å²) in [4.78, 5) is 8.69. The van der Waals surface area contributed by atoms with Crippen LogP contribution in [0.15, 0.2) is 51.6 Å². The van der Waals surface area contributed by atoms with E-state index in [-0.39, 0.29) is 0 Å².